The van der Waals surface area contributed by atoms with Crippen molar-refractivity contribution < 1.29 is 10.2 Å². The summed E-state index contributed by atoms with van der Waals surface area (Å²) < 4.78 is 1.91. The van der Waals surface area contributed by atoms with Crippen molar-refractivity contribution in [3.05, 3.63) is 18.0 Å². The Bertz CT molecular complexity index is 488. The molecule has 0 aliphatic heterocycles. The molecule has 0 saturated carbocycles. The van der Waals surface area contributed by atoms with Gasteiger partial charge >= 0.3 is 0 Å². The molecular formula is C10H12N2O2. The summed E-state index contributed by atoms with van der Waals surface area (Å²) in [6, 6.07) is 3.00. The van der Waals surface area contributed by atoms with Crippen LogP contribution in [0.15, 0.2) is 12.1 Å². The molecule has 0 spiro atoms. The van der Waals surface area contributed by atoms with Crippen LogP contribution in [0.1, 0.15) is 12.7 Å². The number of nitrogens with zero attached hydrogens (tertiary/aromatic N) is 2. The molecule has 0 bridgehead atoms. The zero-order chi connectivity index (χ0) is 10.3. The summed E-state index contributed by atoms with van der Waals surface area (Å²) >= 11 is 0. The quantitative estimate of drug-likeness (QED) is 0.674. The Morgan fingerprint density at radius 2 is 1.93 bits per heavy atom. The molecule has 0 aliphatic carbocycles. The van der Waals surface area contributed by atoms with Gasteiger partial charge in [-0.25, -0.2) is 4.98 Å². The predicted octanol–water partition coefficient (Wildman–Crippen LogP) is 1.55. The first-order chi connectivity index (χ1) is 6.63. The van der Waals surface area contributed by atoms with Gasteiger partial charge in [0.2, 0.25) is 0 Å². The van der Waals surface area contributed by atoms with Crippen molar-refractivity contribution in [3.8, 4) is 11.5 Å². The summed E-state index contributed by atoms with van der Waals surface area (Å²) in [6.07, 6.45) is 0.826. The van der Waals surface area contributed by atoms with Crippen molar-refractivity contribution in [2.75, 3.05) is 0 Å². The van der Waals surface area contributed by atoms with Gasteiger partial charge in [-0.3, -0.25) is 0 Å². The molecule has 1 aromatic carbocycles. The van der Waals surface area contributed by atoms with Crippen LogP contribution in [-0.2, 0) is 13.5 Å². The molecule has 2 aromatic rings. The topological polar surface area (TPSA) is 58.3 Å². The van der Waals surface area contributed by atoms with Gasteiger partial charge in [-0.05, 0) is 0 Å². The van der Waals surface area contributed by atoms with Crippen LogP contribution in [0.5, 0.6) is 11.5 Å². The molecule has 0 amide bonds. The molecule has 0 unspecified atom stereocenters. The maximum absolute atomic E-state index is 9.33. The number of imidazole rings is 1. The first-order valence-electron chi connectivity index (χ1n) is 4.50. The van der Waals surface area contributed by atoms with Gasteiger partial charge in [0.15, 0.2) is 11.5 Å². The summed E-state index contributed by atoms with van der Waals surface area (Å²) in [5, 5.41) is 18.6. The lowest BCUT2D eigenvalue weighted by Gasteiger charge is -1.99. The highest BCUT2D eigenvalue weighted by Gasteiger charge is 2.09. The Hall–Kier alpha value is -1.71. The Labute approximate surface area is 81.4 Å². The third-order valence-corrected chi connectivity index (χ3v) is 2.39. The van der Waals surface area contributed by atoms with Gasteiger partial charge in [-0.2, -0.15) is 0 Å². The Morgan fingerprint density at radius 3 is 2.57 bits per heavy atom. The first-order valence-corrected chi connectivity index (χ1v) is 4.50. The minimum atomic E-state index is -0.127. The predicted molar refractivity (Wildman–Crippen MR) is 53.4 cm³/mol. The smallest absolute Gasteiger partial charge is 0.159 e. The molecular weight excluding hydrogens is 180 g/mol. The van der Waals surface area contributed by atoms with Crippen LogP contribution in [-0.4, -0.2) is 19.8 Å². The van der Waals surface area contributed by atoms with E-state index in [-0.39, 0.29) is 11.5 Å². The number of hydrogen-bond donors (Lipinski definition) is 2. The van der Waals surface area contributed by atoms with E-state index in [9.17, 15) is 10.2 Å². The lowest BCUT2D eigenvalue weighted by atomic mass is 10.3. The highest BCUT2D eigenvalue weighted by molar-refractivity contribution is 5.80. The average molecular weight is 192 g/mol. The van der Waals surface area contributed by atoms with Gasteiger partial charge < -0.3 is 14.8 Å². The van der Waals surface area contributed by atoms with Crippen molar-refractivity contribution in [3.63, 3.8) is 0 Å². The van der Waals surface area contributed by atoms with Gasteiger partial charge in [0.25, 0.3) is 0 Å². The number of fused-ring (bicyclic) bond motifs is 1. The van der Waals surface area contributed by atoms with Gasteiger partial charge in [-0.1, -0.05) is 6.92 Å². The van der Waals surface area contributed by atoms with Crippen LogP contribution in [0.2, 0.25) is 0 Å². The number of rotatable bonds is 1. The summed E-state index contributed by atoms with van der Waals surface area (Å²) in [6.45, 7) is 2.01. The van der Waals surface area contributed by atoms with Crippen LogP contribution in [0.3, 0.4) is 0 Å². The van der Waals surface area contributed by atoms with Crippen molar-refractivity contribution in [2.45, 2.75) is 13.3 Å². The average Bonchev–Trinajstić information content (AvgIpc) is 2.45. The van der Waals surface area contributed by atoms with Crippen LogP contribution in [0, 0.1) is 0 Å². The highest BCUT2D eigenvalue weighted by atomic mass is 16.3. The number of aromatic nitrogens is 2. The van der Waals surface area contributed by atoms with E-state index in [0.29, 0.717) is 5.52 Å². The highest BCUT2D eigenvalue weighted by Crippen LogP contribution is 2.29. The second-order valence-electron chi connectivity index (χ2n) is 3.27. The molecule has 4 nitrogen and oxygen atoms in total. The van der Waals surface area contributed by atoms with Crippen molar-refractivity contribution >= 4 is 11.0 Å². The van der Waals surface area contributed by atoms with Crippen LogP contribution < -0.4 is 0 Å². The van der Waals surface area contributed by atoms with Gasteiger partial charge in [0, 0.05) is 25.6 Å². The molecule has 2 N–H and O–H groups in total. The number of aryl methyl sites for hydroxylation is 2. The maximum atomic E-state index is 9.33. The molecule has 4 heteroatoms. The van der Waals surface area contributed by atoms with Gasteiger partial charge in [0.1, 0.15) is 5.82 Å². The first kappa shape index (κ1) is 8.87. The van der Waals surface area contributed by atoms with E-state index in [4.69, 9.17) is 0 Å². The van der Waals surface area contributed by atoms with E-state index in [1.807, 2.05) is 18.5 Å². The molecule has 0 aliphatic rings. The second-order valence-corrected chi connectivity index (χ2v) is 3.27. The van der Waals surface area contributed by atoms with E-state index < -0.39 is 0 Å². The number of aromatic hydroxyl groups is 2. The molecule has 0 saturated heterocycles. The van der Waals surface area contributed by atoms with E-state index in [1.54, 1.807) is 0 Å². The van der Waals surface area contributed by atoms with E-state index in [0.717, 1.165) is 17.8 Å². The zero-order valence-electron chi connectivity index (χ0n) is 8.15. The fourth-order valence-corrected chi connectivity index (χ4v) is 1.58. The van der Waals surface area contributed by atoms with Crippen LogP contribution in [0.25, 0.3) is 11.0 Å². The lowest BCUT2D eigenvalue weighted by Crippen LogP contribution is -1.94. The standard InChI is InChI=1S/C10H12N2O2/c1-3-10-11-6-4-8(13)9(14)5-7(6)12(10)2/h4-5,13-14H,3H2,1-2H3. The molecule has 0 atom stereocenters. The summed E-state index contributed by atoms with van der Waals surface area (Å²) in [5.74, 6) is 0.700. The molecule has 2 rings (SSSR count). The maximum Gasteiger partial charge on any atom is 0.159 e. The SMILES string of the molecule is CCc1nc2cc(O)c(O)cc2n1C. The normalized spacial score (nSPS) is 11.0. The van der Waals surface area contributed by atoms with Crippen LogP contribution >= 0.6 is 0 Å². The third kappa shape index (κ3) is 1.11. The largest absolute Gasteiger partial charge is 0.504 e. The molecule has 74 valence electrons. The fraction of sp³-hybridized carbons (Fsp3) is 0.300. The van der Waals surface area contributed by atoms with E-state index in [1.165, 1.54) is 12.1 Å². The molecule has 1 heterocycles. The minimum Gasteiger partial charge on any atom is -0.504 e. The lowest BCUT2D eigenvalue weighted by molar-refractivity contribution is 0.404. The van der Waals surface area contributed by atoms with Crippen molar-refractivity contribution in [1.82, 2.24) is 9.55 Å². The van der Waals surface area contributed by atoms with Crippen molar-refractivity contribution in [1.29, 1.82) is 0 Å². The summed E-state index contributed by atoms with van der Waals surface area (Å²) in [5.41, 5.74) is 1.54. The molecule has 1 aromatic heterocycles. The summed E-state index contributed by atoms with van der Waals surface area (Å²) in [4.78, 5) is 4.32. The number of benzene rings is 1. The van der Waals surface area contributed by atoms with E-state index >= 15 is 0 Å². The summed E-state index contributed by atoms with van der Waals surface area (Å²) in [7, 11) is 1.89. The van der Waals surface area contributed by atoms with Gasteiger partial charge in [-0.15, -0.1) is 0 Å². The Balaban J connectivity index is 2.80. The second kappa shape index (κ2) is 2.90. The minimum absolute atomic E-state index is 0.108. The number of phenolic OH excluding ortho intramolecular Hbond substituents is 2. The van der Waals surface area contributed by atoms with Crippen molar-refractivity contribution in [2.24, 2.45) is 7.05 Å². The molecule has 14 heavy (non-hydrogen) atoms. The van der Waals surface area contributed by atoms with E-state index in [2.05, 4.69) is 4.98 Å². The van der Waals surface area contributed by atoms with Gasteiger partial charge in [0.05, 0.1) is 11.0 Å². The number of phenols is 2. The zero-order valence-corrected chi connectivity index (χ0v) is 8.15. The fourth-order valence-electron chi connectivity index (χ4n) is 1.58. The third-order valence-electron chi connectivity index (χ3n) is 2.39. The van der Waals surface area contributed by atoms with Crippen LogP contribution in [0.4, 0.5) is 0 Å². The Kier molecular flexibility index (Phi) is 1.84. The Morgan fingerprint density at radius 1 is 1.29 bits per heavy atom. The number of hydrogen-bond acceptors (Lipinski definition) is 3. The monoisotopic (exact) mass is 192 g/mol. The molecule has 0 fully saturated rings. The molecule has 0 radical (unpaired) electrons.